The second-order valence-electron chi connectivity index (χ2n) is 5.08. The van der Waals surface area contributed by atoms with E-state index in [2.05, 4.69) is 10.3 Å². The number of carbonyl (C=O) groups excluding carboxylic acids is 1. The number of hydrogen-bond donors (Lipinski definition) is 1. The molecule has 0 bridgehead atoms. The Bertz CT molecular complexity index is 927. The van der Waals surface area contributed by atoms with Crippen LogP contribution in [0, 0.1) is 0 Å². The first kappa shape index (κ1) is 13.2. The van der Waals surface area contributed by atoms with Crippen LogP contribution < -0.4 is 5.32 Å². The minimum Gasteiger partial charge on any atom is -0.328 e. The zero-order valence-corrected chi connectivity index (χ0v) is 12.7. The van der Waals surface area contributed by atoms with Crippen LogP contribution in [-0.2, 0) is 11.8 Å². The highest BCUT2D eigenvalue weighted by Crippen LogP contribution is 2.38. The van der Waals surface area contributed by atoms with Crippen LogP contribution in [-0.4, -0.2) is 15.5 Å². The summed E-state index contributed by atoms with van der Waals surface area (Å²) in [6, 6.07) is 15.7. The second-order valence-corrected chi connectivity index (χ2v) is 6.16. The van der Waals surface area contributed by atoms with E-state index in [1.165, 1.54) is 11.8 Å². The number of para-hydroxylation sites is 3. The van der Waals surface area contributed by atoms with Crippen molar-refractivity contribution in [3.8, 4) is 0 Å². The summed E-state index contributed by atoms with van der Waals surface area (Å²) in [4.78, 5) is 18.5. The average molecular weight is 307 g/mol. The fraction of sp³-hybridized carbons (Fsp3) is 0.0588. The summed E-state index contributed by atoms with van der Waals surface area (Å²) in [5, 5.41) is 2.92. The molecule has 2 aromatic carbocycles. The standard InChI is InChI=1S/C17H13N3OS/c1-20-13-8-4-2-6-11(13)18-16(20)10-15-17(21)19-12-7-3-5-9-14(12)22-15/h2-10H,1H3,(H,19,21)/b15-10+. The van der Waals surface area contributed by atoms with Gasteiger partial charge in [0.05, 0.1) is 21.6 Å². The van der Waals surface area contributed by atoms with Crippen molar-refractivity contribution in [3.05, 3.63) is 59.3 Å². The minimum atomic E-state index is -0.0873. The van der Waals surface area contributed by atoms with Crippen LogP contribution in [0.15, 0.2) is 58.3 Å². The highest BCUT2D eigenvalue weighted by Gasteiger charge is 2.21. The molecule has 0 radical (unpaired) electrons. The molecule has 0 spiro atoms. The Hall–Kier alpha value is -2.53. The van der Waals surface area contributed by atoms with Crippen molar-refractivity contribution in [2.75, 3.05) is 5.32 Å². The Kier molecular flexibility index (Phi) is 3.01. The van der Waals surface area contributed by atoms with Crippen molar-refractivity contribution in [3.63, 3.8) is 0 Å². The number of anilines is 1. The van der Waals surface area contributed by atoms with Crippen molar-refractivity contribution in [2.45, 2.75) is 4.90 Å². The number of amides is 1. The van der Waals surface area contributed by atoms with Gasteiger partial charge in [-0.15, -0.1) is 0 Å². The minimum absolute atomic E-state index is 0.0873. The maximum atomic E-state index is 12.3. The lowest BCUT2D eigenvalue weighted by Crippen LogP contribution is -2.17. The lowest BCUT2D eigenvalue weighted by atomic mass is 10.3. The molecule has 1 aliphatic rings. The van der Waals surface area contributed by atoms with E-state index in [1.807, 2.05) is 66.2 Å². The molecule has 0 aliphatic carbocycles. The third kappa shape index (κ3) is 2.10. The highest BCUT2D eigenvalue weighted by atomic mass is 32.2. The van der Waals surface area contributed by atoms with E-state index in [0.717, 1.165) is 27.4 Å². The molecule has 0 fully saturated rings. The largest absolute Gasteiger partial charge is 0.328 e. The van der Waals surface area contributed by atoms with Gasteiger partial charge in [-0.25, -0.2) is 4.98 Å². The Morgan fingerprint density at radius 1 is 1.14 bits per heavy atom. The second kappa shape index (κ2) is 5.03. The molecule has 3 aromatic rings. The van der Waals surface area contributed by atoms with Crippen LogP contribution in [0.4, 0.5) is 5.69 Å². The van der Waals surface area contributed by atoms with Gasteiger partial charge in [-0.05, 0) is 24.3 Å². The molecule has 108 valence electrons. The molecule has 0 unspecified atom stereocenters. The number of aryl methyl sites for hydroxylation is 1. The topological polar surface area (TPSA) is 46.9 Å². The Balaban J connectivity index is 1.79. The first-order valence-electron chi connectivity index (χ1n) is 6.94. The number of hydrogen-bond acceptors (Lipinski definition) is 3. The number of nitrogens with one attached hydrogen (secondary N) is 1. The van der Waals surface area contributed by atoms with Gasteiger partial charge in [-0.1, -0.05) is 36.0 Å². The molecule has 1 N–H and O–H groups in total. The molecule has 2 heterocycles. The van der Waals surface area contributed by atoms with Crippen molar-refractivity contribution in [2.24, 2.45) is 7.05 Å². The van der Waals surface area contributed by atoms with Gasteiger partial charge in [0.1, 0.15) is 5.82 Å². The summed E-state index contributed by atoms with van der Waals surface area (Å²) in [6.45, 7) is 0. The highest BCUT2D eigenvalue weighted by molar-refractivity contribution is 8.04. The molecule has 0 saturated carbocycles. The molecule has 4 nitrogen and oxygen atoms in total. The number of carbonyl (C=O) groups is 1. The smallest absolute Gasteiger partial charge is 0.262 e. The molecular formula is C17H13N3OS. The van der Waals surface area contributed by atoms with Crippen LogP contribution in [0.25, 0.3) is 17.1 Å². The number of rotatable bonds is 1. The van der Waals surface area contributed by atoms with E-state index in [4.69, 9.17) is 0 Å². The third-order valence-electron chi connectivity index (χ3n) is 3.66. The van der Waals surface area contributed by atoms with Crippen molar-refractivity contribution in [1.29, 1.82) is 0 Å². The molecule has 1 amide bonds. The normalized spacial score (nSPS) is 15.9. The Morgan fingerprint density at radius 3 is 2.77 bits per heavy atom. The quantitative estimate of drug-likeness (QED) is 0.698. The van der Waals surface area contributed by atoms with Crippen molar-refractivity contribution in [1.82, 2.24) is 9.55 Å². The molecule has 0 saturated heterocycles. The first-order chi connectivity index (χ1) is 10.7. The molecular weight excluding hydrogens is 294 g/mol. The van der Waals surface area contributed by atoms with Gasteiger partial charge in [0, 0.05) is 18.0 Å². The lowest BCUT2D eigenvalue weighted by Gasteiger charge is -2.18. The number of nitrogens with zero attached hydrogens (tertiary/aromatic N) is 2. The lowest BCUT2D eigenvalue weighted by molar-refractivity contribution is -0.112. The predicted molar refractivity (Wildman–Crippen MR) is 89.6 cm³/mol. The Labute approximate surface area is 131 Å². The van der Waals surface area contributed by atoms with Crippen LogP contribution in [0.1, 0.15) is 5.82 Å². The summed E-state index contributed by atoms with van der Waals surface area (Å²) in [5.41, 5.74) is 2.84. The van der Waals surface area contributed by atoms with E-state index in [1.54, 1.807) is 0 Å². The number of benzene rings is 2. The number of aromatic nitrogens is 2. The zero-order valence-electron chi connectivity index (χ0n) is 11.9. The summed E-state index contributed by atoms with van der Waals surface area (Å²) in [7, 11) is 1.96. The average Bonchev–Trinajstić information content (AvgIpc) is 2.85. The molecule has 1 aromatic heterocycles. The van der Waals surface area contributed by atoms with E-state index >= 15 is 0 Å². The maximum Gasteiger partial charge on any atom is 0.262 e. The van der Waals surface area contributed by atoms with E-state index in [0.29, 0.717) is 4.91 Å². The number of imidazole rings is 1. The van der Waals surface area contributed by atoms with Crippen LogP contribution >= 0.6 is 11.8 Å². The van der Waals surface area contributed by atoms with Gasteiger partial charge in [-0.3, -0.25) is 4.79 Å². The molecule has 4 rings (SSSR count). The van der Waals surface area contributed by atoms with Crippen molar-refractivity contribution < 1.29 is 4.79 Å². The summed E-state index contributed by atoms with van der Waals surface area (Å²) >= 11 is 1.47. The van der Waals surface area contributed by atoms with Crippen LogP contribution in [0.5, 0.6) is 0 Å². The third-order valence-corrected chi connectivity index (χ3v) is 4.76. The Morgan fingerprint density at radius 2 is 1.91 bits per heavy atom. The SMILES string of the molecule is Cn1c(/C=C2/Sc3ccccc3NC2=O)nc2ccccc21. The van der Waals surface area contributed by atoms with Gasteiger partial charge < -0.3 is 9.88 Å². The molecule has 1 aliphatic heterocycles. The van der Waals surface area contributed by atoms with Crippen LogP contribution in [0.3, 0.4) is 0 Å². The maximum absolute atomic E-state index is 12.3. The zero-order chi connectivity index (χ0) is 15.1. The van der Waals surface area contributed by atoms with Gasteiger partial charge in [-0.2, -0.15) is 0 Å². The van der Waals surface area contributed by atoms with Crippen molar-refractivity contribution >= 4 is 40.5 Å². The summed E-state index contributed by atoms with van der Waals surface area (Å²) < 4.78 is 2.00. The van der Waals surface area contributed by atoms with Gasteiger partial charge >= 0.3 is 0 Å². The van der Waals surface area contributed by atoms with E-state index in [9.17, 15) is 4.79 Å². The summed E-state index contributed by atoms with van der Waals surface area (Å²) in [5.74, 6) is 0.689. The molecule has 0 atom stereocenters. The monoisotopic (exact) mass is 307 g/mol. The molecule has 5 heteroatoms. The molecule has 22 heavy (non-hydrogen) atoms. The predicted octanol–water partition coefficient (Wildman–Crippen LogP) is 3.66. The first-order valence-corrected chi connectivity index (χ1v) is 7.75. The van der Waals surface area contributed by atoms with Gasteiger partial charge in [0.15, 0.2) is 0 Å². The number of thioether (sulfide) groups is 1. The summed E-state index contributed by atoms with van der Waals surface area (Å²) in [6.07, 6.45) is 1.84. The van der Waals surface area contributed by atoms with Gasteiger partial charge in [0.25, 0.3) is 5.91 Å². The fourth-order valence-electron chi connectivity index (χ4n) is 2.51. The van der Waals surface area contributed by atoms with Gasteiger partial charge in [0.2, 0.25) is 0 Å². The number of fused-ring (bicyclic) bond motifs is 2. The fourth-order valence-corrected chi connectivity index (χ4v) is 3.43. The van der Waals surface area contributed by atoms with E-state index in [-0.39, 0.29) is 5.91 Å². The van der Waals surface area contributed by atoms with Crippen LogP contribution in [0.2, 0.25) is 0 Å². The van der Waals surface area contributed by atoms with E-state index < -0.39 is 0 Å².